The number of anilines is 1. The van der Waals surface area contributed by atoms with E-state index in [1.54, 1.807) is 12.1 Å². The number of piperidine rings is 1. The maximum absolute atomic E-state index is 13.0. The summed E-state index contributed by atoms with van der Waals surface area (Å²) in [6.07, 6.45) is 1.09. The first-order valence-electron chi connectivity index (χ1n) is 10.4. The van der Waals surface area contributed by atoms with Crippen molar-refractivity contribution in [2.45, 2.75) is 37.9 Å². The molecule has 0 bridgehead atoms. The third-order valence-corrected chi connectivity index (χ3v) is 6.26. The Hall–Kier alpha value is -3.52. The molecule has 2 aromatic carbocycles. The topological polar surface area (TPSA) is 113 Å². The minimum Gasteiger partial charge on any atom is -0.367 e. The predicted molar refractivity (Wildman–Crippen MR) is 112 cm³/mol. The number of nitrogens with two attached hydrogens (primary N) is 1. The third kappa shape index (κ3) is 3.19. The summed E-state index contributed by atoms with van der Waals surface area (Å²) in [6.45, 7) is 1.38. The fourth-order valence-electron chi connectivity index (χ4n) is 4.66. The Morgan fingerprint density at radius 2 is 1.74 bits per heavy atom. The van der Waals surface area contributed by atoms with Crippen LogP contribution in [0.1, 0.15) is 57.1 Å². The molecule has 4 amide bonds. The van der Waals surface area contributed by atoms with E-state index in [1.807, 2.05) is 30.3 Å². The molecule has 0 radical (unpaired) electrons. The number of imide groups is 2. The number of benzene rings is 2. The highest BCUT2D eigenvalue weighted by Gasteiger charge is 2.44. The Kier molecular flexibility index (Phi) is 4.59. The van der Waals surface area contributed by atoms with E-state index in [-0.39, 0.29) is 24.8 Å². The maximum atomic E-state index is 13.0. The summed E-state index contributed by atoms with van der Waals surface area (Å²) in [5, 5.41) is 2.21. The van der Waals surface area contributed by atoms with Crippen LogP contribution < -0.4 is 16.0 Å². The summed E-state index contributed by atoms with van der Waals surface area (Å²) in [6, 6.07) is 12.3. The monoisotopic (exact) mass is 418 g/mol. The van der Waals surface area contributed by atoms with E-state index >= 15 is 0 Å². The van der Waals surface area contributed by atoms with Gasteiger partial charge >= 0.3 is 0 Å². The highest BCUT2D eigenvalue weighted by atomic mass is 16.2. The zero-order valence-electron chi connectivity index (χ0n) is 16.8. The lowest BCUT2D eigenvalue weighted by Crippen LogP contribution is -2.54. The molecule has 3 aliphatic rings. The van der Waals surface area contributed by atoms with E-state index in [1.165, 1.54) is 0 Å². The number of carbonyl (C=O) groups is 4. The molecule has 5 rings (SSSR count). The van der Waals surface area contributed by atoms with Crippen molar-refractivity contribution in [3.05, 3.63) is 64.7 Å². The van der Waals surface area contributed by atoms with Crippen molar-refractivity contribution in [3.63, 3.8) is 0 Å². The van der Waals surface area contributed by atoms with Crippen molar-refractivity contribution in [3.8, 4) is 0 Å². The van der Waals surface area contributed by atoms with Crippen LogP contribution in [0, 0.1) is 0 Å². The largest absolute Gasteiger partial charge is 0.367 e. The molecule has 158 valence electrons. The SMILES string of the molecule is NC1CCN(Cc2ccc3c(c2)C(=O)N(C2CCC(=O)NC2=O)C3=O)c2ccccc21. The summed E-state index contributed by atoms with van der Waals surface area (Å²) >= 11 is 0. The van der Waals surface area contributed by atoms with Crippen LogP contribution in [0.3, 0.4) is 0 Å². The molecule has 2 aromatic rings. The first-order chi connectivity index (χ1) is 14.9. The van der Waals surface area contributed by atoms with Gasteiger partial charge in [0.2, 0.25) is 11.8 Å². The van der Waals surface area contributed by atoms with Gasteiger partial charge in [-0.05, 0) is 42.2 Å². The first kappa shape index (κ1) is 19.4. The lowest BCUT2D eigenvalue weighted by molar-refractivity contribution is -0.136. The van der Waals surface area contributed by atoms with Gasteiger partial charge in [0.15, 0.2) is 0 Å². The molecule has 2 atom stereocenters. The first-order valence-corrected chi connectivity index (χ1v) is 10.4. The Bertz CT molecular complexity index is 1130. The molecule has 31 heavy (non-hydrogen) atoms. The van der Waals surface area contributed by atoms with E-state index in [0.29, 0.717) is 17.7 Å². The van der Waals surface area contributed by atoms with Gasteiger partial charge in [0, 0.05) is 31.2 Å². The molecule has 0 saturated carbocycles. The molecule has 0 aromatic heterocycles. The van der Waals surface area contributed by atoms with Crippen molar-refractivity contribution in [2.24, 2.45) is 5.73 Å². The zero-order valence-corrected chi connectivity index (χ0v) is 16.8. The highest BCUT2D eigenvalue weighted by molar-refractivity contribution is 6.23. The molecule has 1 saturated heterocycles. The van der Waals surface area contributed by atoms with Crippen molar-refractivity contribution >= 4 is 29.3 Å². The van der Waals surface area contributed by atoms with E-state index in [0.717, 1.165) is 34.7 Å². The Morgan fingerprint density at radius 1 is 0.968 bits per heavy atom. The normalized spacial score (nSPS) is 23.0. The summed E-state index contributed by atoms with van der Waals surface area (Å²) in [5.74, 6) is -1.97. The van der Waals surface area contributed by atoms with Gasteiger partial charge in [0.05, 0.1) is 11.1 Å². The standard InChI is InChI=1S/C23H22N4O4/c24-17-9-10-26(18-4-2-1-3-15(17)18)12-13-5-6-14-16(11-13)23(31)27(22(14)30)19-7-8-20(28)25-21(19)29/h1-6,11,17,19H,7-10,12,24H2,(H,25,28,29). The van der Waals surface area contributed by atoms with Crippen molar-refractivity contribution in [2.75, 3.05) is 11.4 Å². The molecular weight excluding hydrogens is 396 g/mol. The van der Waals surface area contributed by atoms with Gasteiger partial charge in [-0.25, -0.2) is 0 Å². The minimum atomic E-state index is -0.955. The summed E-state index contributed by atoms with van der Waals surface area (Å²) in [4.78, 5) is 52.7. The van der Waals surface area contributed by atoms with Gasteiger partial charge < -0.3 is 10.6 Å². The summed E-state index contributed by atoms with van der Waals surface area (Å²) in [7, 11) is 0. The number of nitrogens with zero attached hydrogens (tertiary/aromatic N) is 2. The molecule has 8 heteroatoms. The number of nitrogens with one attached hydrogen (secondary N) is 1. The lowest BCUT2D eigenvalue weighted by Gasteiger charge is -2.34. The quantitative estimate of drug-likeness (QED) is 0.731. The second-order valence-corrected chi connectivity index (χ2v) is 8.20. The van der Waals surface area contributed by atoms with Crippen LogP contribution in [0.4, 0.5) is 5.69 Å². The minimum absolute atomic E-state index is 0.00810. The Labute approximate surface area is 179 Å². The molecule has 3 N–H and O–H groups in total. The molecule has 3 aliphatic heterocycles. The number of rotatable bonds is 3. The van der Waals surface area contributed by atoms with Crippen molar-refractivity contribution < 1.29 is 19.2 Å². The van der Waals surface area contributed by atoms with Crippen LogP contribution in [0.2, 0.25) is 0 Å². The highest BCUT2D eigenvalue weighted by Crippen LogP contribution is 2.34. The molecule has 0 spiro atoms. The van der Waals surface area contributed by atoms with Crippen LogP contribution in [-0.2, 0) is 16.1 Å². The third-order valence-electron chi connectivity index (χ3n) is 6.26. The molecule has 2 unspecified atom stereocenters. The second kappa shape index (κ2) is 7.31. The van der Waals surface area contributed by atoms with Gasteiger partial charge in [-0.1, -0.05) is 24.3 Å². The second-order valence-electron chi connectivity index (χ2n) is 8.20. The van der Waals surface area contributed by atoms with Crippen molar-refractivity contribution in [1.29, 1.82) is 0 Å². The number of fused-ring (bicyclic) bond motifs is 2. The molecule has 8 nitrogen and oxygen atoms in total. The average molecular weight is 418 g/mol. The summed E-state index contributed by atoms with van der Waals surface area (Å²) < 4.78 is 0. The average Bonchev–Trinajstić information content (AvgIpc) is 3.00. The van der Waals surface area contributed by atoms with Gasteiger partial charge in [0.25, 0.3) is 11.8 Å². The Morgan fingerprint density at radius 3 is 2.55 bits per heavy atom. The fraction of sp³-hybridized carbons (Fsp3) is 0.304. The zero-order chi connectivity index (χ0) is 21.7. The van der Waals surface area contributed by atoms with Gasteiger partial charge in [-0.3, -0.25) is 29.4 Å². The number of amides is 4. The molecule has 3 heterocycles. The van der Waals surface area contributed by atoms with E-state index in [4.69, 9.17) is 5.73 Å². The van der Waals surface area contributed by atoms with Crippen LogP contribution >= 0.6 is 0 Å². The van der Waals surface area contributed by atoms with Gasteiger partial charge in [0.1, 0.15) is 6.04 Å². The lowest BCUT2D eigenvalue weighted by atomic mass is 9.96. The molecule has 1 fully saturated rings. The van der Waals surface area contributed by atoms with Crippen LogP contribution in [0.15, 0.2) is 42.5 Å². The smallest absolute Gasteiger partial charge is 0.262 e. The number of hydrogen-bond donors (Lipinski definition) is 2. The number of carbonyl (C=O) groups excluding carboxylic acids is 4. The van der Waals surface area contributed by atoms with Crippen LogP contribution in [0.25, 0.3) is 0 Å². The van der Waals surface area contributed by atoms with E-state index in [2.05, 4.69) is 10.2 Å². The van der Waals surface area contributed by atoms with Gasteiger partial charge in [-0.15, -0.1) is 0 Å². The van der Waals surface area contributed by atoms with Crippen molar-refractivity contribution in [1.82, 2.24) is 10.2 Å². The predicted octanol–water partition coefficient (Wildman–Crippen LogP) is 1.50. The molecular formula is C23H22N4O4. The Balaban J connectivity index is 1.41. The van der Waals surface area contributed by atoms with Gasteiger partial charge in [-0.2, -0.15) is 0 Å². The van der Waals surface area contributed by atoms with Crippen LogP contribution in [0.5, 0.6) is 0 Å². The van der Waals surface area contributed by atoms with Crippen LogP contribution in [-0.4, -0.2) is 41.1 Å². The maximum Gasteiger partial charge on any atom is 0.262 e. The summed E-state index contributed by atoms with van der Waals surface area (Å²) in [5.41, 5.74) is 9.92. The number of para-hydroxylation sites is 1. The molecule has 0 aliphatic carbocycles. The van der Waals surface area contributed by atoms with E-state index < -0.39 is 23.8 Å². The fourth-order valence-corrected chi connectivity index (χ4v) is 4.66. The number of hydrogen-bond acceptors (Lipinski definition) is 6. The van der Waals surface area contributed by atoms with E-state index in [9.17, 15) is 19.2 Å².